The molecular weight excluding hydrogens is 182 g/mol. The molecule has 1 aliphatic carbocycles. The molecule has 0 aliphatic heterocycles. The van der Waals surface area contributed by atoms with Crippen molar-refractivity contribution in [3.8, 4) is 0 Å². The highest BCUT2D eigenvalue weighted by atomic mass is 16.3. The van der Waals surface area contributed by atoms with Crippen LogP contribution in [0.3, 0.4) is 0 Å². The molecule has 1 rings (SSSR count). The van der Waals surface area contributed by atoms with Crippen LogP contribution in [0.2, 0.25) is 0 Å². The lowest BCUT2D eigenvalue weighted by molar-refractivity contribution is -0.140. The average Bonchev–Trinajstić information content (AvgIpc) is 2.96. The fraction of sp³-hybridized carbons (Fsp3) is 0.900. The molecule has 1 fully saturated rings. The first-order chi connectivity index (χ1) is 6.53. The van der Waals surface area contributed by atoms with E-state index < -0.39 is 5.54 Å². The molecule has 0 heterocycles. The van der Waals surface area contributed by atoms with Crippen LogP contribution in [0, 0.1) is 5.92 Å². The van der Waals surface area contributed by atoms with Gasteiger partial charge in [0.1, 0.15) is 0 Å². The lowest BCUT2D eigenvalue weighted by Crippen LogP contribution is -2.52. The number of rotatable bonds is 5. The number of carbonyl (C=O) groups is 1. The van der Waals surface area contributed by atoms with Gasteiger partial charge in [0.15, 0.2) is 0 Å². The first kappa shape index (κ1) is 11.5. The summed E-state index contributed by atoms with van der Waals surface area (Å²) in [5, 5.41) is 18.0. The summed E-state index contributed by atoms with van der Waals surface area (Å²) in [5.74, 6) is 0.200. The smallest absolute Gasteiger partial charge is 0.226 e. The second-order valence-electron chi connectivity index (χ2n) is 4.46. The summed E-state index contributed by atoms with van der Waals surface area (Å²) in [5.41, 5.74) is -0.567. The maximum absolute atomic E-state index is 11.8. The Morgan fingerprint density at radius 1 is 1.43 bits per heavy atom. The molecule has 1 saturated carbocycles. The van der Waals surface area contributed by atoms with E-state index in [0.29, 0.717) is 6.54 Å². The molecule has 0 radical (unpaired) electrons. The van der Waals surface area contributed by atoms with Gasteiger partial charge in [-0.3, -0.25) is 4.79 Å². The van der Waals surface area contributed by atoms with E-state index in [9.17, 15) is 4.79 Å². The molecular formula is C10H19NO3. The number of hydrogen-bond acceptors (Lipinski definition) is 3. The molecule has 4 nitrogen and oxygen atoms in total. The van der Waals surface area contributed by atoms with Gasteiger partial charge < -0.3 is 15.1 Å². The molecule has 0 unspecified atom stereocenters. The molecule has 14 heavy (non-hydrogen) atoms. The normalized spacial score (nSPS) is 16.9. The van der Waals surface area contributed by atoms with Crippen molar-refractivity contribution in [3.05, 3.63) is 0 Å². The highest BCUT2D eigenvalue weighted by molar-refractivity contribution is 5.81. The number of amides is 1. The van der Waals surface area contributed by atoms with Gasteiger partial charge in [-0.1, -0.05) is 0 Å². The summed E-state index contributed by atoms with van der Waals surface area (Å²) >= 11 is 0. The van der Waals surface area contributed by atoms with E-state index >= 15 is 0 Å². The second-order valence-corrected chi connectivity index (χ2v) is 4.46. The Balaban J connectivity index is 2.66. The fourth-order valence-electron chi connectivity index (χ4n) is 1.45. The van der Waals surface area contributed by atoms with Gasteiger partial charge in [0.05, 0.1) is 18.8 Å². The summed E-state index contributed by atoms with van der Waals surface area (Å²) in [6, 6.07) is 0. The van der Waals surface area contributed by atoms with Gasteiger partial charge in [-0.15, -0.1) is 0 Å². The van der Waals surface area contributed by atoms with Crippen molar-refractivity contribution in [2.24, 2.45) is 5.92 Å². The van der Waals surface area contributed by atoms with E-state index in [4.69, 9.17) is 10.2 Å². The van der Waals surface area contributed by atoms with Gasteiger partial charge in [0.25, 0.3) is 0 Å². The van der Waals surface area contributed by atoms with Gasteiger partial charge in [0, 0.05) is 12.5 Å². The summed E-state index contributed by atoms with van der Waals surface area (Å²) in [6.07, 6.45) is 1.89. The molecule has 4 heteroatoms. The summed E-state index contributed by atoms with van der Waals surface area (Å²) in [7, 11) is 0. The van der Waals surface area contributed by atoms with E-state index in [1.54, 1.807) is 4.90 Å². The van der Waals surface area contributed by atoms with Crippen molar-refractivity contribution in [2.75, 3.05) is 19.8 Å². The topological polar surface area (TPSA) is 60.8 Å². The standard InChI is InChI=1S/C10H19NO3/c1-10(2,7-13)11(5-6-12)9(14)8-3-4-8/h8,12-13H,3-7H2,1-2H3. The molecule has 0 aromatic heterocycles. The molecule has 1 amide bonds. The summed E-state index contributed by atoms with van der Waals surface area (Å²) < 4.78 is 0. The molecule has 0 aromatic carbocycles. The first-order valence-corrected chi connectivity index (χ1v) is 5.06. The van der Waals surface area contributed by atoms with Gasteiger partial charge >= 0.3 is 0 Å². The highest BCUT2D eigenvalue weighted by Gasteiger charge is 2.38. The lowest BCUT2D eigenvalue weighted by Gasteiger charge is -2.37. The predicted molar refractivity (Wildman–Crippen MR) is 52.7 cm³/mol. The van der Waals surface area contributed by atoms with Crippen molar-refractivity contribution in [3.63, 3.8) is 0 Å². The van der Waals surface area contributed by atoms with Gasteiger partial charge in [0.2, 0.25) is 5.91 Å². The largest absolute Gasteiger partial charge is 0.395 e. The molecule has 0 bridgehead atoms. The van der Waals surface area contributed by atoms with Crippen molar-refractivity contribution in [2.45, 2.75) is 32.2 Å². The van der Waals surface area contributed by atoms with Crippen LogP contribution in [0.1, 0.15) is 26.7 Å². The number of carbonyl (C=O) groups excluding carboxylic acids is 1. The predicted octanol–water partition coefficient (Wildman–Crippen LogP) is -0.0118. The second kappa shape index (κ2) is 4.28. The van der Waals surface area contributed by atoms with Crippen LogP contribution in [0.4, 0.5) is 0 Å². The van der Waals surface area contributed by atoms with Crippen molar-refractivity contribution in [1.82, 2.24) is 4.90 Å². The van der Waals surface area contributed by atoms with Gasteiger partial charge in [-0.05, 0) is 26.7 Å². The third-order valence-electron chi connectivity index (χ3n) is 2.63. The van der Waals surface area contributed by atoms with E-state index in [2.05, 4.69) is 0 Å². The molecule has 0 saturated heterocycles. The minimum atomic E-state index is -0.567. The number of aliphatic hydroxyl groups is 2. The van der Waals surface area contributed by atoms with Gasteiger partial charge in [-0.2, -0.15) is 0 Å². The third kappa shape index (κ3) is 2.45. The Hall–Kier alpha value is -0.610. The first-order valence-electron chi connectivity index (χ1n) is 5.06. The lowest BCUT2D eigenvalue weighted by atomic mass is 10.0. The van der Waals surface area contributed by atoms with Crippen LogP contribution < -0.4 is 0 Å². The van der Waals surface area contributed by atoms with Crippen LogP contribution in [0.15, 0.2) is 0 Å². The SMILES string of the molecule is CC(C)(CO)N(CCO)C(=O)C1CC1. The maximum atomic E-state index is 11.8. The fourth-order valence-corrected chi connectivity index (χ4v) is 1.45. The molecule has 1 aliphatic rings. The van der Waals surface area contributed by atoms with Crippen LogP contribution in [-0.4, -0.2) is 46.3 Å². The number of hydrogen-bond donors (Lipinski definition) is 2. The minimum Gasteiger partial charge on any atom is -0.395 e. The molecule has 82 valence electrons. The Bertz CT molecular complexity index is 211. The molecule has 0 atom stereocenters. The Morgan fingerprint density at radius 3 is 2.36 bits per heavy atom. The van der Waals surface area contributed by atoms with Crippen molar-refractivity contribution < 1.29 is 15.0 Å². The Morgan fingerprint density at radius 2 is 2.00 bits per heavy atom. The monoisotopic (exact) mass is 201 g/mol. The zero-order chi connectivity index (χ0) is 10.8. The number of β-amino-alcohol motifs (C(OH)–C–C–N with tert-alkyl or cyclic N) is 1. The third-order valence-corrected chi connectivity index (χ3v) is 2.63. The summed E-state index contributed by atoms with van der Waals surface area (Å²) in [6.45, 7) is 3.79. The van der Waals surface area contributed by atoms with E-state index in [-0.39, 0.29) is 25.0 Å². The maximum Gasteiger partial charge on any atom is 0.226 e. The Labute approximate surface area is 84.5 Å². The highest BCUT2D eigenvalue weighted by Crippen LogP contribution is 2.33. The zero-order valence-electron chi connectivity index (χ0n) is 8.86. The van der Waals surface area contributed by atoms with Crippen LogP contribution in [0.5, 0.6) is 0 Å². The van der Waals surface area contributed by atoms with Crippen molar-refractivity contribution in [1.29, 1.82) is 0 Å². The van der Waals surface area contributed by atoms with E-state index in [1.807, 2.05) is 13.8 Å². The van der Waals surface area contributed by atoms with E-state index in [0.717, 1.165) is 12.8 Å². The Kier molecular flexibility index (Phi) is 3.50. The molecule has 0 spiro atoms. The van der Waals surface area contributed by atoms with E-state index in [1.165, 1.54) is 0 Å². The minimum absolute atomic E-state index is 0.0537. The number of aliphatic hydroxyl groups excluding tert-OH is 2. The van der Waals surface area contributed by atoms with Gasteiger partial charge in [-0.25, -0.2) is 0 Å². The number of nitrogens with zero attached hydrogens (tertiary/aromatic N) is 1. The molecule has 0 aromatic rings. The average molecular weight is 201 g/mol. The van der Waals surface area contributed by atoms with Crippen LogP contribution in [0.25, 0.3) is 0 Å². The quantitative estimate of drug-likeness (QED) is 0.657. The van der Waals surface area contributed by atoms with Crippen LogP contribution >= 0.6 is 0 Å². The van der Waals surface area contributed by atoms with Crippen LogP contribution in [-0.2, 0) is 4.79 Å². The van der Waals surface area contributed by atoms with Crippen molar-refractivity contribution >= 4 is 5.91 Å². The summed E-state index contributed by atoms with van der Waals surface area (Å²) in [4.78, 5) is 13.4. The molecule has 2 N–H and O–H groups in total. The zero-order valence-corrected chi connectivity index (χ0v) is 8.86.